The average molecular weight is 306 g/mol. The highest BCUT2D eigenvalue weighted by molar-refractivity contribution is 7.71. The summed E-state index contributed by atoms with van der Waals surface area (Å²) in [7, 11) is 1.88. The Morgan fingerprint density at radius 1 is 1.25 bits per heavy atom. The van der Waals surface area contributed by atoms with E-state index in [-0.39, 0.29) is 0 Å². The van der Waals surface area contributed by atoms with Gasteiger partial charge in [0.05, 0.1) is 16.9 Å². The zero-order valence-corrected chi connectivity index (χ0v) is 12.5. The molecule has 0 saturated carbocycles. The summed E-state index contributed by atoms with van der Waals surface area (Å²) in [6.45, 7) is 1.94. The maximum absolute atomic E-state index is 5.93. The molecule has 5 nitrogen and oxygen atoms in total. The molecule has 2 heterocycles. The summed E-state index contributed by atoms with van der Waals surface area (Å²) >= 11 is 11.2. The minimum Gasteiger partial charge on any atom is -0.275 e. The standard InChI is InChI=1S/C13H12ClN5S/c1-8-11(7-18(2)17-8)12-15-16-13(20)19(12)10-5-3-9(14)4-6-10/h3-7H,1-2H3,(H,16,20). The number of aromatic nitrogens is 5. The van der Waals surface area contributed by atoms with Gasteiger partial charge in [-0.05, 0) is 43.4 Å². The molecule has 7 heteroatoms. The molecule has 0 bridgehead atoms. The van der Waals surface area contributed by atoms with Crippen LogP contribution in [0.4, 0.5) is 0 Å². The molecule has 0 unspecified atom stereocenters. The van der Waals surface area contributed by atoms with Gasteiger partial charge in [-0.3, -0.25) is 14.3 Å². The van der Waals surface area contributed by atoms with Crippen molar-refractivity contribution in [2.75, 3.05) is 0 Å². The number of hydrogen-bond donors (Lipinski definition) is 1. The van der Waals surface area contributed by atoms with E-state index in [1.807, 2.05) is 49.0 Å². The van der Waals surface area contributed by atoms with Gasteiger partial charge < -0.3 is 0 Å². The minimum absolute atomic E-state index is 0.533. The molecule has 0 saturated heterocycles. The molecule has 3 rings (SSSR count). The van der Waals surface area contributed by atoms with Crippen LogP contribution in [0.1, 0.15) is 5.69 Å². The zero-order valence-electron chi connectivity index (χ0n) is 11.0. The number of H-pyrrole nitrogens is 1. The first kappa shape index (κ1) is 13.1. The van der Waals surface area contributed by atoms with Crippen LogP contribution in [0.2, 0.25) is 5.02 Å². The Hall–Kier alpha value is -1.92. The fraction of sp³-hybridized carbons (Fsp3) is 0.154. The first-order valence-electron chi connectivity index (χ1n) is 6.00. The van der Waals surface area contributed by atoms with E-state index in [1.165, 1.54) is 0 Å². The summed E-state index contributed by atoms with van der Waals surface area (Å²) in [5.74, 6) is 0.739. The minimum atomic E-state index is 0.533. The predicted molar refractivity (Wildman–Crippen MR) is 80.7 cm³/mol. The van der Waals surface area contributed by atoms with Gasteiger partial charge in [0.25, 0.3) is 0 Å². The maximum Gasteiger partial charge on any atom is 0.200 e. The van der Waals surface area contributed by atoms with Gasteiger partial charge in [-0.15, -0.1) is 0 Å². The molecule has 3 aromatic rings. The Kier molecular flexibility index (Phi) is 3.19. The third kappa shape index (κ3) is 2.17. The van der Waals surface area contributed by atoms with Crippen molar-refractivity contribution in [3.05, 3.63) is 45.9 Å². The molecule has 0 fully saturated rings. The lowest BCUT2D eigenvalue weighted by molar-refractivity contribution is 0.756. The number of halogens is 1. The van der Waals surface area contributed by atoms with Crippen LogP contribution >= 0.6 is 23.8 Å². The van der Waals surface area contributed by atoms with Crippen molar-refractivity contribution in [2.45, 2.75) is 6.92 Å². The zero-order chi connectivity index (χ0) is 14.3. The fourth-order valence-corrected chi connectivity index (χ4v) is 2.49. The topological polar surface area (TPSA) is 51.4 Å². The first-order chi connectivity index (χ1) is 9.56. The molecule has 0 aliphatic heterocycles. The monoisotopic (exact) mass is 305 g/mol. The summed E-state index contributed by atoms with van der Waals surface area (Å²) in [5, 5.41) is 12.2. The van der Waals surface area contributed by atoms with Crippen LogP contribution in [-0.2, 0) is 7.05 Å². The van der Waals surface area contributed by atoms with Crippen LogP contribution in [0.5, 0.6) is 0 Å². The van der Waals surface area contributed by atoms with Crippen LogP contribution in [0.25, 0.3) is 17.1 Å². The highest BCUT2D eigenvalue weighted by Crippen LogP contribution is 2.24. The van der Waals surface area contributed by atoms with Crippen LogP contribution in [0.3, 0.4) is 0 Å². The van der Waals surface area contributed by atoms with Crippen molar-refractivity contribution in [3.63, 3.8) is 0 Å². The van der Waals surface area contributed by atoms with Crippen LogP contribution in [0.15, 0.2) is 30.5 Å². The van der Waals surface area contributed by atoms with Crippen molar-refractivity contribution < 1.29 is 0 Å². The van der Waals surface area contributed by atoms with Gasteiger partial charge >= 0.3 is 0 Å². The molecule has 1 N–H and O–H groups in total. The number of benzene rings is 1. The molecule has 0 aliphatic carbocycles. The quantitative estimate of drug-likeness (QED) is 0.739. The van der Waals surface area contributed by atoms with Gasteiger partial charge in [0.1, 0.15) is 0 Å². The molecule has 0 spiro atoms. The van der Waals surface area contributed by atoms with E-state index in [0.29, 0.717) is 9.79 Å². The Bertz CT molecular complexity index is 812. The third-order valence-electron chi connectivity index (χ3n) is 3.01. The second-order valence-electron chi connectivity index (χ2n) is 4.47. The predicted octanol–water partition coefficient (Wildman–Crippen LogP) is 3.29. The largest absolute Gasteiger partial charge is 0.275 e. The lowest BCUT2D eigenvalue weighted by Gasteiger charge is -2.06. The van der Waals surface area contributed by atoms with Crippen molar-refractivity contribution in [1.82, 2.24) is 24.5 Å². The van der Waals surface area contributed by atoms with Crippen LogP contribution < -0.4 is 0 Å². The molecule has 0 amide bonds. The smallest absolute Gasteiger partial charge is 0.200 e. The number of hydrogen-bond acceptors (Lipinski definition) is 3. The van der Waals surface area contributed by atoms with Crippen LogP contribution in [-0.4, -0.2) is 24.5 Å². The summed E-state index contributed by atoms with van der Waals surface area (Å²) in [6.07, 6.45) is 1.92. The first-order valence-corrected chi connectivity index (χ1v) is 6.79. The number of rotatable bonds is 2. The highest BCUT2D eigenvalue weighted by Gasteiger charge is 2.15. The molecule has 2 aromatic heterocycles. The van der Waals surface area contributed by atoms with E-state index in [2.05, 4.69) is 15.3 Å². The van der Waals surface area contributed by atoms with Crippen molar-refractivity contribution in [3.8, 4) is 17.1 Å². The van der Waals surface area contributed by atoms with E-state index < -0.39 is 0 Å². The summed E-state index contributed by atoms with van der Waals surface area (Å²) in [5.41, 5.74) is 2.75. The number of nitrogens with one attached hydrogen (secondary N) is 1. The van der Waals surface area contributed by atoms with E-state index in [9.17, 15) is 0 Å². The highest BCUT2D eigenvalue weighted by atomic mass is 35.5. The van der Waals surface area contributed by atoms with Gasteiger partial charge in [-0.1, -0.05) is 11.6 Å². The molecule has 0 radical (unpaired) electrons. The van der Waals surface area contributed by atoms with Crippen molar-refractivity contribution in [1.29, 1.82) is 0 Å². The van der Waals surface area contributed by atoms with E-state index >= 15 is 0 Å². The van der Waals surface area contributed by atoms with Gasteiger partial charge in [0.15, 0.2) is 10.6 Å². The molecule has 0 aliphatic rings. The number of nitrogens with zero attached hydrogens (tertiary/aromatic N) is 4. The van der Waals surface area contributed by atoms with Gasteiger partial charge in [-0.2, -0.15) is 10.2 Å². The fourth-order valence-electron chi connectivity index (χ4n) is 2.13. The molecular formula is C13H12ClN5S. The normalized spacial score (nSPS) is 10.9. The summed E-state index contributed by atoms with van der Waals surface area (Å²) in [4.78, 5) is 0. The Balaban J connectivity index is 2.22. The Morgan fingerprint density at radius 3 is 2.55 bits per heavy atom. The molecular weight excluding hydrogens is 294 g/mol. The lowest BCUT2D eigenvalue weighted by atomic mass is 10.2. The molecule has 0 atom stereocenters. The average Bonchev–Trinajstić information content (AvgIpc) is 2.93. The Labute approximate surface area is 125 Å². The van der Waals surface area contributed by atoms with Crippen molar-refractivity contribution >= 4 is 23.8 Å². The van der Waals surface area contributed by atoms with Gasteiger partial charge in [0.2, 0.25) is 0 Å². The second-order valence-corrected chi connectivity index (χ2v) is 5.29. The molecule has 102 valence electrons. The third-order valence-corrected chi connectivity index (χ3v) is 3.54. The molecule has 20 heavy (non-hydrogen) atoms. The van der Waals surface area contributed by atoms with Gasteiger partial charge in [0, 0.05) is 18.3 Å². The van der Waals surface area contributed by atoms with E-state index in [0.717, 1.165) is 22.8 Å². The van der Waals surface area contributed by atoms with Gasteiger partial charge in [-0.25, -0.2) is 0 Å². The SMILES string of the molecule is Cc1nn(C)cc1-c1n[nH]c(=S)n1-c1ccc(Cl)cc1. The number of aromatic amines is 1. The maximum atomic E-state index is 5.93. The Morgan fingerprint density at radius 2 is 1.95 bits per heavy atom. The lowest BCUT2D eigenvalue weighted by Crippen LogP contribution is -1.97. The molecule has 1 aromatic carbocycles. The second kappa shape index (κ2) is 4.88. The van der Waals surface area contributed by atoms with E-state index in [1.54, 1.807) is 4.68 Å². The number of aryl methyl sites for hydroxylation is 2. The van der Waals surface area contributed by atoms with Crippen LogP contribution in [0, 0.1) is 11.7 Å². The van der Waals surface area contributed by atoms with E-state index in [4.69, 9.17) is 23.8 Å². The van der Waals surface area contributed by atoms with Crippen molar-refractivity contribution in [2.24, 2.45) is 7.05 Å². The summed E-state index contributed by atoms with van der Waals surface area (Å²) < 4.78 is 4.16. The summed E-state index contributed by atoms with van der Waals surface area (Å²) in [6, 6.07) is 7.46.